The Morgan fingerprint density at radius 2 is 1.94 bits per heavy atom. The molecule has 0 radical (unpaired) electrons. The Labute approximate surface area is 192 Å². The number of hydrogen-bond donors (Lipinski definition) is 0. The Hall–Kier alpha value is -3.52. The van der Waals surface area contributed by atoms with Gasteiger partial charge < -0.3 is 9.64 Å². The number of aromatic nitrogens is 5. The van der Waals surface area contributed by atoms with Gasteiger partial charge in [0.1, 0.15) is 5.52 Å². The summed E-state index contributed by atoms with van der Waals surface area (Å²) in [5.41, 5.74) is 5.28. The monoisotopic (exact) mass is 444 g/mol. The molecular weight excluding hydrogens is 416 g/mol. The normalized spacial score (nSPS) is 14.4. The van der Waals surface area contributed by atoms with Crippen LogP contribution >= 0.6 is 0 Å². The van der Waals surface area contributed by atoms with Gasteiger partial charge in [0.25, 0.3) is 0 Å². The number of aryl methyl sites for hydroxylation is 1. The zero-order valence-corrected chi connectivity index (χ0v) is 19.3. The number of ether oxygens (including phenoxy) is 1. The molecule has 1 fully saturated rings. The van der Waals surface area contributed by atoms with Gasteiger partial charge in [0.2, 0.25) is 5.88 Å². The lowest BCUT2D eigenvalue weighted by molar-refractivity contribution is 0.273. The minimum atomic E-state index is -0.0628. The zero-order chi connectivity index (χ0) is 23.1. The van der Waals surface area contributed by atoms with Crippen molar-refractivity contribution in [1.82, 2.24) is 29.2 Å². The summed E-state index contributed by atoms with van der Waals surface area (Å²) in [6.07, 6.45) is 4.42. The molecule has 0 unspecified atom stereocenters. The summed E-state index contributed by atoms with van der Waals surface area (Å²) in [6.45, 7) is 5.65. The Morgan fingerprint density at radius 3 is 2.64 bits per heavy atom. The Bertz CT molecular complexity index is 1390. The highest BCUT2D eigenvalue weighted by Crippen LogP contribution is 2.38. The van der Waals surface area contributed by atoms with Crippen molar-refractivity contribution in [2.45, 2.75) is 25.3 Å². The molecule has 3 heterocycles. The van der Waals surface area contributed by atoms with Gasteiger partial charge in [-0.3, -0.25) is 9.13 Å². The van der Waals surface area contributed by atoms with Crippen LogP contribution in [0.1, 0.15) is 25.3 Å². The van der Waals surface area contributed by atoms with Crippen LogP contribution in [0.4, 0.5) is 0 Å². The first-order valence-corrected chi connectivity index (χ1v) is 11.2. The molecule has 0 N–H and O–H groups in total. The van der Waals surface area contributed by atoms with Crippen molar-refractivity contribution in [3.05, 3.63) is 59.2 Å². The highest BCUT2D eigenvalue weighted by Gasteiger charge is 2.29. The van der Waals surface area contributed by atoms with Crippen molar-refractivity contribution in [2.24, 2.45) is 7.05 Å². The maximum Gasteiger partial charge on any atom is 0.330 e. The van der Waals surface area contributed by atoms with Gasteiger partial charge >= 0.3 is 5.69 Å². The molecule has 170 valence electrons. The van der Waals surface area contributed by atoms with Crippen molar-refractivity contribution in [3.63, 3.8) is 0 Å². The van der Waals surface area contributed by atoms with Crippen LogP contribution in [0.5, 0.6) is 5.88 Å². The van der Waals surface area contributed by atoms with Crippen LogP contribution in [-0.2, 0) is 7.05 Å². The number of nitrogens with zero attached hydrogens (tertiary/aromatic N) is 6. The maximum absolute atomic E-state index is 13.0. The van der Waals surface area contributed by atoms with Crippen molar-refractivity contribution >= 4 is 22.1 Å². The van der Waals surface area contributed by atoms with Crippen molar-refractivity contribution in [1.29, 1.82) is 0 Å². The molecule has 0 bridgehead atoms. The molecule has 0 saturated heterocycles. The number of imidazole rings is 1. The Balaban J connectivity index is 1.50. The number of benzene rings is 1. The summed E-state index contributed by atoms with van der Waals surface area (Å²) in [6, 6.07) is 10.1. The van der Waals surface area contributed by atoms with E-state index in [-0.39, 0.29) is 11.7 Å². The van der Waals surface area contributed by atoms with Crippen LogP contribution in [-0.4, -0.2) is 56.5 Å². The largest absolute Gasteiger partial charge is 0.478 e. The highest BCUT2D eigenvalue weighted by molar-refractivity contribution is 6.02. The smallest absolute Gasteiger partial charge is 0.330 e. The lowest BCUT2D eigenvalue weighted by Gasteiger charge is -2.29. The summed E-state index contributed by atoms with van der Waals surface area (Å²) in [7, 11) is 5.85. The molecule has 1 saturated carbocycles. The predicted octanol–water partition coefficient (Wildman–Crippen LogP) is 3.57. The average molecular weight is 445 g/mol. The number of hydrogen-bond acceptors (Lipinski definition) is 6. The van der Waals surface area contributed by atoms with Gasteiger partial charge in [-0.05, 0) is 57.1 Å². The van der Waals surface area contributed by atoms with E-state index >= 15 is 0 Å². The average Bonchev–Trinajstić information content (AvgIpc) is 3.05. The lowest BCUT2D eigenvalue weighted by atomic mass is 9.87. The predicted molar refractivity (Wildman–Crippen MR) is 130 cm³/mol. The molecule has 0 aliphatic heterocycles. The Morgan fingerprint density at radius 1 is 1.15 bits per heavy atom. The first kappa shape index (κ1) is 21.3. The fraction of sp³-hybridized carbons (Fsp3) is 0.360. The van der Waals surface area contributed by atoms with Gasteiger partial charge in [0, 0.05) is 42.8 Å². The second-order valence-corrected chi connectivity index (χ2v) is 9.02. The number of pyridine rings is 1. The summed E-state index contributed by atoms with van der Waals surface area (Å²) >= 11 is 0. The van der Waals surface area contributed by atoms with E-state index < -0.39 is 0 Å². The molecule has 3 aromatic heterocycles. The molecule has 0 atom stereocenters. The molecule has 8 nitrogen and oxygen atoms in total. The number of fused-ring (bicyclic) bond motifs is 3. The van der Waals surface area contributed by atoms with Gasteiger partial charge in [0.05, 0.1) is 12.1 Å². The topological polar surface area (TPSA) is 78.1 Å². The molecule has 4 aromatic rings. The second kappa shape index (κ2) is 8.44. The quantitative estimate of drug-likeness (QED) is 0.320. The zero-order valence-electron chi connectivity index (χ0n) is 19.3. The molecule has 1 aliphatic carbocycles. The van der Waals surface area contributed by atoms with E-state index in [4.69, 9.17) is 4.74 Å². The first-order valence-electron chi connectivity index (χ1n) is 11.2. The standard InChI is InChI=1S/C25H28N6O2/c1-16-12-19(13-16)31-23-20-14-17(6-8-21(20)27-28-24(23)30(4)25(31)32)18-7-9-22(26-15-18)33-11-5-10-29(2)3/h6-9,14-15,19H,1,5,10-13H2,2-4H3. The molecule has 8 heteroatoms. The van der Waals surface area contributed by atoms with Crippen LogP contribution in [0.3, 0.4) is 0 Å². The minimum Gasteiger partial charge on any atom is -0.478 e. The molecule has 33 heavy (non-hydrogen) atoms. The van der Waals surface area contributed by atoms with E-state index in [1.165, 1.54) is 5.57 Å². The van der Waals surface area contributed by atoms with E-state index in [1.54, 1.807) is 11.6 Å². The van der Waals surface area contributed by atoms with E-state index in [9.17, 15) is 4.79 Å². The van der Waals surface area contributed by atoms with E-state index in [0.717, 1.165) is 53.4 Å². The maximum atomic E-state index is 13.0. The van der Waals surface area contributed by atoms with Crippen LogP contribution in [0, 0.1) is 0 Å². The van der Waals surface area contributed by atoms with Gasteiger partial charge in [-0.25, -0.2) is 9.78 Å². The summed E-state index contributed by atoms with van der Waals surface area (Å²) in [5, 5.41) is 9.63. The van der Waals surface area contributed by atoms with Gasteiger partial charge in [0.15, 0.2) is 5.65 Å². The SMILES string of the molecule is C=C1CC(n2c(=O)n(C)c3nnc4ccc(-c5ccc(OCCCN(C)C)nc5)cc4c32)C1. The number of rotatable bonds is 7. The van der Waals surface area contributed by atoms with E-state index in [2.05, 4.69) is 32.7 Å². The summed E-state index contributed by atoms with van der Waals surface area (Å²) in [5.74, 6) is 0.619. The van der Waals surface area contributed by atoms with Crippen molar-refractivity contribution in [2.75, 3.05) is 27.2 Å². The van der Waals surface area contributed by atoms with Crippen molar-refractivity contribution in [3.8, 4) is 17.0 Å². The molecule has 0 spiro atoms. The number of allylic oxidation sites excluding steroid dienone is 1. The lowest BCUT2D eigenvalue weighted by Crippen LogP contribution is -2.30. The molecule has 1 aromatic carbocycles. The highest BCUT2D eigenvalue weighted by atomic mass is 16.5. The van der Waals surface area contributed by atoms with E-state index in [1.807, 2.05) is 49.1 Å². The summed E-state index contributed by atoms with van der Waals surface area (Å²) in [4.78, 5) is 19.6. The van der Waals surface area contributed by atoms with E-state index in [0.29, 0.717) is 18.1 Å². The van der Waals surface area contributed by atoms with Crippen LogP contribution in [0.15, 0.2) is 53.5 Å². The first-order chi connectivity index (χ1) is 15.9. The van der Waals surface area contributed by atoms with Gasteiger partial charge in [-0.15, -0.1) is 10.2 Å². The van der Waals surface area contributed by atoms with Crippen LogP contribution in [0.25, 0.3) is 33.2 Å². The Kier molecular flexibility index (Phi) is 5.46. The van der Waals surface area contributed by atoms with Gasteiger partial charge in [-0.1, -0.05) is 18.2 Å². The third-order valence-electron chi connectivity index (χ3n) is 6.25. The van der Waals surface area contributed by atoms with Crippen molar-refractivity contribution < 1.29 is 4.74 Å². The molecule has 1 aliphatic rings. The fourth-order valence-electron chi connectivity index (χ4n) is 4.39. The van der Waals surface area contributed by atoms with Crippen LogP contribution < -0.4 is 10.4 Å². The summed E-state index contributed by atoms with van der Waals surface area (Å²) < 4.78 is 9.21. The van der Waals surface area contributed by atoms with Gasteiger partial charge in [-0.2, -0.15) is 0 Å². The third kappa shape index (κ3) is 3.91. The third-order valence-corrected chi connectivity index (χ3v) is 6.25. The second-order valence-electron chi connectivity index (χ2n) is 9.02. The molecule has 5 rings (SSSR count). The molecular formula is C25H28N6O2. The minimum absolute atomic E-state index is 0.0628. The van der Waals surface area contributed by atoms with Crippen LogP contribution in [0.2, 0.25) is 0 Å². The molecule has 0 amide bonds. The fourth-order valence-corrected chi connectivity index (χ4v) is 4.39.